The van der Waals surface area contributed by atoms with Gasteiger partial charge in [0.25, 0.3) is 0 Å². The first-order valence-corrected chi connectivity index (χ1v) is 9.60. The molecule has 8 nitrogen and oxygen atoms in total. The predicted molar refractivity (Wildman–Crippen MR) is 89.3 cm³/mol. The van der Waals surface area contributed by atoms with Crippen LogP contribution in [0.2, 0.25) is 0 Å². The normalized spacial score (nSPS) is 16.3. The van der Waals surface area contributed by atoms with Gasteiger partial charge in [0.2, 0.25) is 5.89 Å². The molecule has 0 aliphatic heterocycles. The minimum atomic E-state index is -3.53. The number of nitrogens with zero attached hydrogens (tertiary/aromatic N) is 2. The second kappa shape index (κ2) is 6.64. The number of methoxy groups -OCH3 is 2. The van der Waals surface area contributed by atoms with Crippen LogP contribution in [0.25, 0.3) is 0 Å². The summed E-state index contributed by atoms with van der Waals surface area (Å²) in [6.07, 6.45) is 2.79. The Morgan fingerprint density at radius 3 is 2.56 bits per heavy atom. The summed E-state index contributed by atoms with van der Waals surface area (Å²) in [5.41, 5.74) is 5.62. The molecule has 1 aromatic heterocycles. The molecule has 1 heterocycles. The van der Waals surface area contributed by atoms with Crippen molar-refractivity contribution >= 4 is 9.84 Å². The standard InChI is InChI=1S/C16H21N3O5S/c1-22-12-5-4-11(10-13(12)23-2)25(20,21)9-6-14-18-15(19-24-14)16(17)7-3-8-16/h4-5,10H,3,6-9,17H2,1-2H3. The lowest BCUT2D eigenvalue weighted by Crippen LogP contribution is -2.44. The Bertz CT molecular complexity index is 858. The van der Waals surface area contributed by atoms with Gasteiger partial charge in [0.15, 0.2) is 27.2 Å². The fraction of sp³-hybridized carbons (Fsp3) is 0.500. The van der Waals surface area contributed by atoms with Crippen molar-refractivity contribution in [3.05, 3.63) is 29.9 Å². The maximum atomic E-state index is 12.5. The smallest absolute Gasteiger partial charge is 0.227 e. The Labute approximate surface area is 146 Å². The summed E-state index contributed by atoms with van der Waals surface area (Å²) < 4.78 is 40.5. The average Bonchev–Trinajstić information content (AvgIpc) is 3.06. The van der Waals surface area contributed by atoms with Crippen LogP contribution in [0.4, 0.5) is 0 Å². The van der Waals surface area contributed by atoms with Crippen molar-refractivity contribution in [2.75, 3.05) is 20.0 Å². The zero-order valence-electron chi connectivity index (χ0n) is 14.2. The second-order valence-electron chi connectivity index (χ2n) is 6.11. The molecule has 0 spiro atoms. The molecule has 2 aromatic rings. The quantitative estimate of drug-likeness (QED) is 0.781. The van der Waals surface area contributed by atoms with E-state index in [0.29, 0.717) is 17.3 Å². The molecule has 1 saturated carbocycles. The lowest BCUT2D eigenvalue weighted by Gasteiger charge is -2.34. The summed E-state index contributed by atoms with van der Waals surface area (Å²) in [4.78, 5) is 4.40. The SMILES string of the molecule is COc1ccc(S(=O)(=O)CCc2nc(C3(N)CCC3)no2)cc1OC. The predicted octanol–water partition coefficient (Wildman–Crippen LogP) is 1.44. The van der Waals surface area contributed by atoms with Crippen LogP contribution in [0.3, 0.4) is 0 Å². The number of rotatable bonds is 7. The van der Waals surface area contributed by atoms with E-state index < -0.39 is 15.4 Å². The molecule has 0 radical (unpaired) electrons. The zero-order valence-corrected chi connectivity index (χ0v) is 15.0. The molecule has 136 valence electrons. The first-order chi connectivity index (χ1) is 11.9. The maximum absolute atomic E-state index is 12.5. The molecule has 0 bridgehead atoms. The summed E-state index contributed by atoms with van der Waals surface area (Å²) in [5.74, 6) is 1.41. The first-order valence-electron chi connectivity index (χ1n) is 7.95. The Morgan fingerprint density at radius 2 is 1.96 bits per heavy atom. The largest absolute Gasteiger partial charge is 0.493 e. The number of benzene rings is 1. The molecule has 0 amide bonds. The van der Waals surface area contributed by atoms with E-state index in [4.69, 9.17) is 19.7 Å². The highest BCUT2D eigenvalue weighted by atomic mass is 32.2. The first kappa shape index (κ1) is 17.7. The third-order valence-corrected chi connectivity index (χ3v) is 6.17. The van der Waals surface area contributed by atoms with E-state index in [0.717, 1.165) is 19.3 Å². The zero-order chi connectivity index (χ0) is 18.1. The van der Waals surface area contributed by atoms with Crippen LogP contribution in [-0.4, -0.2) is 38.5 Å². The summed E-state index contributed by atoms with van der Waals surface area (Å²) in [6, 6.07) is 4.49. The van der Waals surface area contributed by atoms with Crippen molar-refractivity contribution in [3.63, 3.8) is 0 Å². The lowest BCUT2D eigenvalue weighted by molar-refractivity contribution is 0.229. The van der Waals surface area contributed by atoms with Crippen LogP contribution >= 0.6 is 0 Å². The Balaban J connectivity index is 1.72. The highest BCUT2D eigenvalue weighted by Crippen LogP contribution is 2.37. The van der Waals surface area contributed by atoms with Crippen molar-refractivity contribution in [3.8, 4) is 11.5 Å². The van der Waals surface area contributed by atoms with Crippen molar-refractivity contribution < 1.29 is 22.4 Å². The molecule has 9 heteroatoms. The highest BCUT2D eigenvalue weighted by Gasteiger charge is 2.39. The van der Waals surface area contributed by atoms with E-state index >= 15 is 0 Å². The number of ether oxygens (including phenoxy) is 2. The van der Waals surface area contributed by atoms with Crippen molar-refractivity contribution in [2.45, 2.75) is 36.1 Å². The van der Waals surface area contributed by atoms with Gasteiger partial charge < -0.3 is 19.7 Å². The summed E-state index contributed by atoms with van der Waals surface area (Å²) in [6.45, 7) is 0. The van der Waals surface area contributed by atoms with Gasteiger partial charge in [0.1, 0.15) is 0 Å². The minimum absolute atomic E-state index is 0.125. The molecule has 1 aliphatic rings. The Hall–Kier alpha value is -2.13. The Kier molecular flexibility index (Phi) is 4.70. The van der Waals surface area contributed by atoms with E-state index in [1.807, 2.05) is 0 Å². The number of hydrogen-bond donors (Lipinski definition) is 1. The average molecular weight is 367 g/mol. The van der Waals surface area contributed by atoms with Gasteiger partial charge in [-0.1, -0.05) is 5.16 Å². The van der Waals surface area contributed by atoms with Crippen LogP contribution < -0.4 is 15.2 Å². The molecule has 0 saturated heterocycles. The summed E-state index contributed by atoms with van der Waals surface area (Å²) >= 11 is 0. The second-order valence-corrected chi connectivity index (χ2v) is 8.22. The van der Waals surface area contributed by atoms with Gasteiger partial charge in [-0.2, -0.15) is 4.98 Å². The minimum Gasteiger partial charge on any atom is -0.493 e. The van der Waals surface area contributed by atoms with E-state index in [9.17, 15) is 8.42 Å². The third-order valence-electron chi connectivity index (χ3n) is 4.46. The van der Waals surface area contributed by atoms with Crippen LogP contribution in [0.15, 0.2) is 27.6 Å². The van der Waals surface area contributed by atoms with Crippen molar-refractivity contribution in [1.29, 1.82) is 0 Å². The van der Waals surface area contributed by atoms with E-state index in [2.05, 4.69) is 10.1 Å². The molecule has 0 unspecified atom stereocenters. The molecule has 2 N–H and O–H groups in total. The van der Waals surface area contributed by atoms with Gasteiger partial charge in [0.05, 0.1) is 30.4 Å². The van der Waals surface area contributed by atoms with E-state index in [1.165, 1.54) is 26.4 Å². The van der Waals surface area contributed by atoms with E-state index in [-0.39, 0.29) is 23.0 Å². The molecule has 0 atom stereocenters. The fourth-order valence-corrected chi connectivity index (χ4v) is 3.93. The van der Waals surface area contributed by atoms with E-state index in [1.54, 1.807) is 6.07 Å². The number of sulfone groups is 1. The molecular weight excluding hydrogens is 346 g/mol. The lowest BCUT2D eigenvalue weighted by atomic mass is 9.77. The number of hydrogen-bond acceptors (Lipinski definition) is 8. The van der Waals surface area contributed by atoms with Crippen LogP contribution in [-0.2, 0) is 21.8 Å². The van der Waals surface area contributed by atoms with Gasteiger partial charge in [-0.05, 0) is 31.4 Å². The Morgan fingerprint density at radius 1 is 1.24 bits per heavy atom. The highest BCUT2D eigenvalue weighted by molar-refractivity contribution is 7.91. The number of aromatic nitrogens is 2. The number of nitrogens with two attached hydrogens (primary N) is 1. The van der Waals surface area contributed by atoms with Crippen LogP contribution in [0.1, 0.15) is 31.0 Å². The molecule has 25 heavy (non-hydrogen) atoms. The van der Waals surface area contributed by atoms with Gasteiger partial charge in [0, 0.05) is 12.5 Å². The van der Waals surface area contributed by atoms with Crippen LogP contribution in [0.5, 0.6) is 11.5 Å². The summed E-state index contributed by atoms with van der Waals surface area (Å²) in [5, 5.41) is 3.89. The monoisotopic (exact) mass is 367 g/mol. The van der Waals surface area contributed by atoms with Gasteiger partial charge in [-0.25, -0.2) is 8.42 Å². The topological polar surface area (TPSA) is 118 Å². The fourth-order valence-electron chi connectivity index (χ4n) is 2.69. The van der Waals surface area contributed by atoms with Gasteiger partial charge in [-0.15, -0.1) is 0 Å². The molecule has 3 rings (SSSR count). The van der Waals surface area contributed by atoms with Gasteiger partial charge in [-0.3, -0.25) is 0 Å². The molecule has 1 aliphatic carbocycles. The van der Waals surface area contributed by atoms with Gasteiger partial charge >= 0.3 is 0 Å². The molecular formula is C16H21N3O5S. The van der Waals surface area contributed by atoms with Crippen molar-refractivity contribution in [1.82, 2.24) is 10.1 Å². The van der Waals surface area contributed by atoms with Crippen LogP contribution in [0, 0.1) is 0 Å². The summed E-state index contributed by atoms with van der Waals surface area (Å²) in [7, 11) is -0.581. The van der Waals surface area contributed by atoms with Crippen molar-refractivity contribution in [2.24, 2.45) is 5.73 Å². The maximum Gasteiger partial charge on any atom is 0.227 e. The molecule has 1 aromatic carbocycles. The number of aryl methyl sites for hydroxylation is 1. The third kappa shape index (κ3) is 3.47. The molecule has 1 fully saturated rings.